The van der Waals surface area contributed by atoms with Gasteiger partial charge in [0.15, 0.2) is 0 Å². The largest absolute Gasteiger partial charge is 0.444 e. The van der Waals surface area contributed by atoms with E-state index in [1.165, 1.54) is 16.8 Å². The van der Waals surface area contributed by atoms with Crippen molar-refractivity contribution < 1.29 is 9.53 Å². The fourth-order valence-electron chi connectivity index (χ4n) is 5.11. The molecule has 7 heteroatoms. The third kappa shape index (κ3) is 6.18. The Balaban J connectivity index is 1.55. The molecule has 184 valence electrons. The number of carbonyl (C=O) groups is 1. The maximum Gasteiger partial charge on any atom is 0.410 e. The number of benzene rings is 2. The molecule has 1 saturated heterocycles. The van der Waals surface area contributed by atoms with Gasteiger partial charge in [-0.15, -0.1) is 0 Å². The van der Waals surface area contributed by atoms with Gasteiger partial charge in [-0.1, -0.05) is 35.3 Å². The second-order valence-corrected chi connectivity index (χ2v) is 11.4. The number of amides is 1. The van der Waals surface area contributed by atoms with Crippen LogP contribution in [-0.2, 0) is 17.7 Å². The summed E-state index contributed by atoms with van der Waals surface area (Å²) >= 11 is 12.5. The van der Waals surface area contributed by atoms with Gasteiger partial charge in [-0.2, -0.15) is 0 Å². The highest BCUT2D eigenvalue weighted by molar-refractivity contribution is 6.31. The van der Waals surface area contributed by atoms with Gasteiger partial charge in [0.2, 0.25) is 0 Å². The average Bonchev–Trinajstić information content (AvgIpc) is 2.90. The number of nitrogens with zero attached hydrogens (tertiary/aromatic N) is 3. The van der Waals surface area contributed by atoms with Gasteiger partial charge < -0.3 is 14.5 Å². The zero-order chi connectivity index (χ0) is 24.5. The molecule has 0 radical (unpaired) electrons. The monoisotopic (exact) mass is 503 g/mol. The van der Waals surface area contributed by atoms with Crippen molar-refractivity contribution in [3.05, 3.63) is 63.6 Å². The molecule has 0 spiro atoms. The van der Waals surface area contributed by atoms with E-state index in [0.717, 1.165) is 42.4 Å². The summed E-state index contributed by atoms with van der Waals surface area (Å²) < 4.78 is 5.60. The Hall–Kier alpha value is -1.95. The summed E-state index contributed by atoms with van der Waals surface area (Å²) in [5.74, 6) is 0. The van der Waals surface area contributed by atoms with Crippen molar-refractivity contribution in [2.75, 3.05) is 31.6 Å². The molecule has 0 bridgehead atoms. The van der Waals surface area contributed by atoms with Crippen LogP contribution in [0, 0.1) is 0 Å². The van der Waals surface area contributed by atoms with Gasteiger partial charge >= 0.3 is 6.09 Å². The minimum absolute atomic E-state index is 0.212. The number of rotatable bonds is 3. The number of likely N-dealkylation sites (tertiary alicyclic amines) is 1. The van der Waals surface area contributed by atoms with Crippen LogP contribution in [0.1, 0.15) is 44.7 Å². The maximum absolute atomic E-state index is 12.6. The molecule has 5 nitrogen and oxygen atoms in total. The number of piperidine rings is 1. The number of likely N-dealkylation sites (N-methyl/N-ethyl adjacent to an activating group) is 1. The van der Waals surface area contributed by atoms with Gasteiger partial charge in [0.25, 0.3) is 0 Å². The molecule has 2 heterocycles. The zero-order valence-corrected chi connectivity index (χ0v) is 22.1. The minimum atomic E-state index is -0.476. The lowest BCUT2D eigenvalue weighted by Gasteiger charge is -2.42. The standard InChI is InChI=1S/C27H35Cl2N3O2/c1-27(2,3)34-26(33)31-13-11-23(12-14-31)32-17-20-16-22(29)9-10-25(20)30(4)18-24(32)15-19-5-7-21(28)8-6-19/h5-10,16,23-24H,11-15,17-18H2,1-4H3/t24-/m0/s1. The zero-order valence-electron chi connectivity index (χ0n) is 20.6. The first kappa shape index (κ1) is 25.2. The summed E-state index contributed by atoms with van der Waals surface area (Å²) in [6.45, 7) is 8.92. The van der Waals surface area contributed by atoms with E-state index in [4.69, 9.17) is 27.9 Å². The molecule has 2 aromatic rings. The molecule has 2 aromatic carbocycles. The minimum Gasteiger partial charge on any atom is -0.444 e. The normalized spacial score (nSPS) is 20.1. The first-order valence-corrected chi connectivity index (χ1v) is 12.8. The fourth-order valence-corrected chi connectivity index (χ4v) is 5.43. The van der Waals surface area contributed by atoms with E-state index in [1.807, 2.05) is 43.9 Å². The number of halogens is 2. The molecule has 0 saturated carbocycles. The summed E-state index contributed by atoms with van der Waals surface area (Å²) in [6, 6.07) is 15.1. The molecule has 1 amide bonds. The topological polar surface area (TPSA) is 36.0 Å². The van der Waals surface area contributed by atoms with Crippen molar-refractivity contribution in [2.45, 2.75) is 64.3 Å². The van der Waals surface area contributed by atoms with E-state index >= 15 is 0 Å². The molecule has 0 unspecified atom stereocenters. The van der Waals surface area contributed by atoms with Gasteiger partial charge in [0, 0.05) is 61.0 Å². The maximum atomic E-state index is 12.6. The Kier molecular flexibility index (Phi) is 7.66. The van der Waals surface area contributed by atoms with Gasteiger partial charge in [0.1, 0.15) is 5.60 Å². The predicted octanol–water partition coefficient (Wildman–Crippen LogP) is 6.26. The second-order valence-electron chi connectivity index (χ2n) is 10.5. The van der Waals surface area contributed by atoms with Crippen LogP contribution in [0.25, 0.3) is 0 Å². The van der Waals surface area contributed by atoms with Gasteiger partial charge in [-0.05, 0) is 81.5 Å². The average molecular weight is 505 g/mol. The third-order valence-corrected chi connectivity index (χ3v) is 7.22. The van der Waals surface area contributed by atoms with Crippen LogP contribution >= 0.6 is 23.2 Å². The SMILES string of the molecule is CN1C[C@H](Cc2ccc(Cl)cc2)N(C2CCN(C(=O)OC(C)(C)C)CC2)Cc2cc(Cl)ccc21. The molecule has 4 rings (SSSR count). The van der Waals surface area contributed by atoms with Crippen LogP contribution in [-0.4, -0.2) is 60.3 Å². The fraction of sp³-hybridized carbons (Fsp3) is 0.519. The summed E-state index contributed by atoms with van der Waals surface area (Å²) in [5, 5.41) is 1.53. The van der Waals surface area contributed by atoms with Crippen molar-refractivity contribution in [3.63, 3.8) is 0 Å². The molecule has 2 aliphatic heterocycles. The first-order valence-electron chi connectivity index (χ1n) is 12.1. The van der Waals surface area contributed by atoms with E-state index < -0.39 is 5.60 Å². The Morgan fingerprint density at radius 3 is 2.32 bits per heavy atom. The van der Waals surface area contributed by atoms with Crippen LogP contribution in [0.2, 0.25) is 10.0 Å². The van der Waals surface area contributed by atoms with Crippen molar-refractivity contribution in [3.8, 4) is 0 Å². The Labute approximate surface area is 213 Å². The number of fused-ring (bicyclic) bond motifs is 1. The van der Waals surface area contributed by atoms with Crippen molar-refractivity contribution >= 4 is 35.0 Å². The highest BCUT2D eigenvalue weighted by atomic mass is 35.5. The highest BCUT2D eigenvalue weighted by Crippen LogP contribution is 2.33. The van der Waals surface area contributed by atoms with Crippen LogP contribution in [0.4, 0.5) is 10.5 Å². The predicted molar refractivity (Wildman–Crippen MR) is 140 cm³/mol. The van der Waals surface area contributed by atoms with Crippen molar-refractivity contribution in [1.82, 2.24) is 9.80 Å². The Morgan fingerprint density at radius 1 is 1.03 bits per heavy atom. The number of carbonyl (C=O) groups excluding carboxylic acids is 1. The van der Waals surface area contributed by atoms with Crippen LogP contribution in [0.5, 0.6) is 0 Å². The lowest BCUT2D eigenvalue weighted by atomic mass is 9.97. The van der Waals surface area contributed by atoms with Crippen LogP contribution in [0.3, 0.4) is 0 Å². The highest BCUT2D eigenvalue weighted by Gasteiger charge is 2.35. The van der Waals surface area contributed by atoms with Gasteiger partial charge in [-0.3, -0.25) is 4.90 Å². The molecule has 1 atom stereocenters. The number of anilines is 1. The van der Waals surface area contributed by atoms with E-state index in [-0.39, 0.29) is 6.09 Å². The molecule has 1 fully saturated rings. The van der Waals surface area contributed by atoms with E-state index in [2.05, 4.69) is 41.1 Å². The molecule has 0 N–H and O–H groups in total. The summed E-state index contributed by atoms with van der Waals surface area (Å²) in [6.07, 6.45) is 2.58. The van der Waals surface area contributed by atoms with E-state index in [0.29, 0.717) is 25.2 Å². The smallest absolute Gasteiger partial charge is 0.410 e. The third-order valence-electron chi connectivity index (χ3n) is 6.73. The Morgan fingerprint density at radius 2 is 1.68 bits per heavy atom. The number of ether oxygens (including phenoxy) is 1. The number of hydrogen-bond donors (Lipinski definition) is 0. The van der Waals surface area contributed by atoms with E-state index in [9.17, 15) is 4.79 Å². The van der Waals surface area contributed by atoms with Gasteiger partial charge in [0.05, 0.1) is 0 Å². The molecule has 2 aliphatic rings. The van der Waals surface area contributed by atoms with Crippen LogP contribution < -0.4 is 4.90 Å². The molecule has 34 heavy (non-hydrogen) atoms. The van der Waals surface area contributed by atoms with Gasteiger partial charge in [-0.25, -0.2) is 4.79 Å². The van der Waals surface area contributed by atoms with Crippen LogP contribution in [0.15, 0.2) is 42.5 Å². The van der Waals surface area contributed by atoms with E-state index in [1.54, 1.807) is 0 Å². The van der Waals surface area contributed by atoms with Crippen molar-refractivity contribution in [2.24, 2.45) is 0 Å². The lowest BCUT2D eigenvalue weighted by molar-refractivity contribution is 0.0103. The number of hydrogen-bond acceptors (Lipinski definition) is 4. The van der Waals surface area contributed by atoms with Crippen molar-refractivity contribution in [1.29, 1.82) is 0 Å². The summed E-state index contributed by atoms with van der Waals surface area (Å²) in [5.41, 5.74) is 3.29. The molecule has 0 aromatic heterocycles. The molecule has 0 aliphatic carbocycles. The Bertz CT molecular complexity index is 998. The second kappa shape index (κ2) is 10.3. The molecular weight excluding hydrogens is 469 g/mol. The summed E-state index contributed by atoms with van der Waals surface area (Å²) in [7, 11) is 2.16. The lowest BCUT2D eigenvalue weighted by Crippen LogP contribution is -2.52. The molecular formula is C27H35Cl2N3O2. The first-order chi connectivity index (χ1) is 16.1. The quantitative estimate of drug-likeness (QED) is 0.495. The summed E-state index contributed by atoms with van der Waals surface area (Å²) in [4.78, 5) is 19.4.